The second-order valence-corrected chi connectivity index (χ2v) is 14.5. The highest BCUT2D eigenvalue weighted by Gasteiger charge is 2.22. The summed E-state index contributed by atoms with van der Waals surface area (Å²) in [6.45, 7) is 3.65. The molecular weight excluding hydrogens is 627 g/mol. The number of esters is 2. The predicted octanol–water partition coefficient (Wildman–Crippen LogP) is 11.6. The van der Waals surface area contributed by atoms with E-state index in [0.717, 1.165) is 57.8 Å². The van der Waals surface area contributed by atoms with Crippen LogP contribution in [0.1, 0.15) is 194 Å². The molecule has 0 aliphatic rings. The van der Waals surface area contributed by atoms with Crippen LogP contribution in [-0.4, -0.2) is 41.0 Å². The van der Waals surface area contributed by atoms with Gasteiger partial charge in [-0.25, -0.2) is 4.57 Å². The van der Waals surface area contributed by atoms with Crippen LogP contribution in [0.25, 0.3) is 0 Å². The number of hydrogen-bond donors (Lipinski definition) is 2. The van der Waals surface area contributed by atoms with Crippen LogP contribution >= 0.6 is 7.82 Å². The van der Waals surface area contributed by atoms with Crippen molar-refractivity contribution in [2.24, 2.45) is 0 Å². The summed E-state index contributed by atoms with van der Waals surface area (Å²) in [5.41, 5.74) is 0. The fraction of sp³-hybridized carbons (Fsp3) is 0.846. The van der Waals surface area contributed by atoms with Gasteiger partial charge in [0.1, 0.15) is 6.61 Å². The first kappa shape index (κ1) is 46.5. The Morgan fingerprint density at radius 3 is 1.42 bits per heavy atom. The molecule has 0 aromatic heterocycles. The lowest BCUT2D eigenvalue weighted by atomic mass is 10.0. The maximum absolute atomic E-state index is 12.4. The molecule has 282 valence electrons. The van der Waals surface area contributed by atoms with Crippen LogP contribution in [-0.2, 0) is 28.2 Å². The highest BCUT2D eigenvalue weighted by molar-refractivity contribution is 7.46. The fourth-order valence-electron chi connectivity index (χ4n) is 5.52. The van der Waals surface area contributed by atoms with Crippen molar-refractivity contribution >= 4 is 19.8 Å². The Morgan fingerprint density at radius 2 is 0.938 bits per heavy atom. The first-order valence-corrected chi connectivity index (χ1v) is 21.2. The van der Waals surface area contributed by atoms with Gasteiger partial charge in [-0.2, -0.15) is 0 Å². The molecule has 0 saturated heterocycles. The van der Waals surface area contributed by atoms with Gasteiger partial charge in [-0.3, -0.25) is 14.1 Å². The maximum atomic E-state index is 12.4. The van der Waals surface area contributed by atoms with E-state index in [0.29, 0.717) is 6.42 Å². The number of carbonyl (C=O) groups is 2. The molecule has 0 radical (unpaired) electrons. The normalized spacial score (nSPS) is 12.7. The van der Waals surface area contributed by atoms with Crippen molar-refractivity contribution in [3.63, 3.8) is 0 Å². The topological polar surface area (TPSA) is 119 Å². The molecule has 8 nitrogen and oxygen atoms in total. The zero-order chi connectivity index (χ0) is 35.4. The number of unbranched alkanes of at least 4 members (excludes halogenated alkanes) is 22. The summed E-state index contributed by atoms with van der Waals surface area (Å²) < 4.78 is 26.3. The van der Waals surface area contributed by atoms with E-state index < -0.39 is 32.5 Å². The second kappa shape index (κ2) is 35.4. The monoisotopic (exact) mass is 701 g/mol. The summed E-state index contributed by atoms with van der Waals surface area (Å²) in [6, 6.07) is 0. The predicted molar refractivity (Wildman–Crippen MR) is 198 cm³/mol. The van der Waals surface area contributed by atoms with E-state index in [-0.39, 0.29) is 19.4 Å². The standard InChI is InChI=1S/C39H73O8P/c1-3-5-7-9-11-13-15-17-18-19-20-22-23-25-27-29-31-33-38(40)45-35-37(36-46-48(42,43)44)47-39(41)34-32-30-28-26-24-21-16-14-12-10-8-6-4-2/h11,13,17-18,37H,3-10,12,14-16,19-36H2,1-2H3,(H2,42,43,44)/b13-11-,18-17-/t37-/m1/s1. The summed E-state index contributed by atoms with van der Waals surface area (Å²) in [7, 11) is -4.75. The quantitative estimate of drug-likeness (QED) is 0.0287. The van der Waals surface area contributed by atoms with Crippen molar-refractivity contribution in [3.8, 4) is 0 Å². The number of rotatable bonds is 36. The Hall–Kier alpha value is -1.47. The Labute approximate surface area is 294 Å². The second-order valence-electron chi connectivity index (χ2n) is 13.3. The summed E-state index contributed by atoms with van der Waals surface area (Å²) >= 11 is 0. The maximum Gasteiger partial charge on any atom is 0.469 e. The Bertz CT molecular complexity index is 838. The van der Waals surface area contributed by atoms with Gasteiger partial charge < -0.3 is 19.3 Å². The minimum Gasteiger partial charge on any atom is -0.462 e. The molecule has 0 fully saturated rings. The van der Waals surface area contributed by atoms with Gasteiger partial charge in [0.25, 0.3) is 0 Å². The average Bonchev–Trinajstić information content (AvgIpc) is 3.05. The van der Waals surface area contributed by atoms with Gasteiger partial charge in [-0.1, -0.05) is 160 Å². The first-order chi connectivity index (χ1) is 23.3. The molecule has 48 heavy (non-hydrogen) atoms. The smallest absolute Gasteiger partial charge is 0.462 e. The third kappa shape index (κ3) is 37.4. The van der Waals surface area contributed by atoms with Gasteiger partial charge in [0.05, 0.1) is 6.61 Å². The van der Waals surface area contributed by atoms with Gasteiger partial charge in [-0.05, 0) is 44.9 Å². The zero-order valence-electron chi connectivity index (χ0n) is 30.9. The molecule has 0 aliphatic heterocycles. The first-order valence-electron chi connectivity index (χ1n) is 19.6. The number of ether oxygens (including phenoxy) is 2. The largest absolute Gasteiger partial charge is 0.469 e. The molecule has 0 heterocycles. The third-order valence-electron chi connectivity index (χ3n) is 8.47. The van der Waals surface area contributed by atoms with Crippen LogP contribution in [0, 0.1) is 0 Å². The summed E-state index contributed by atoms with van der Waals surface area (Å²) in [5, 5.41) is 0. The average molecular weight is 701 g/mol. The number of allylic oxidation sites excluding steroid dienone is 4. The van der Waals surface area contributed by atoms with Crippen molar-refractivity contribution in [1.29, 1.82) is 0 Å². The van der Waals surface area contributed by atoms with Gasteiger partial charge in [0.15, 0.2) is 6.10 Å². The van der Waals surface area contributed by atoms with E-state index in [1.807, 2.05) is 0 Å². The van der Waals surface area contributed by atoms with Gasteiger partial charge in [0, 0.05) is 12.8 Å². The summed E-state index contributed by atoms with van der Waals surface area (Å²) in [5.74, 6) is -0.888. The van der Waals surface area contributed by atoms with Gasteiger partial charge in [0.2, 0.25) is 0 Å². The number of phosphoric ester groups is 1. The van der Waals surface area contributed by atoms with Gasteiger partial charge >= 0.3 is 19.8 Å². The van der Waals surface area contributed by atoms with Crippen LogP contribution in [0.5, 0.6) is 0 Å². The molecule has 1 atom stereocenters. The molecule has 0 aromatic rings. The molecular formula is C39H73O8P. The van der Waals surface area contributed by atoms with E-state index in [4.69, 9.17) is 19.3 Å². The van der Waals surface area contributed by atoms with Crippen molar-refractivity contribution < 1.29 is 37.9 Å². The lowest BCUT2D eigenvalue weighted by Gasteiger charge is -2.18. The highest BCUT2D eigenvalue weighted by atomic mass is 31.2. The zero-order valence-corrected chi connectivity index (χ0v) is 31.8. The molecule has 0 unspecified atom stereocenters. The number of phosphoric acid groups is 1. The van der Waals surface area contributed by atoms with E-state index in [2.05, 4.69) is 42.7 Å². The summed E-state index contributed by atoms with van der Waals surface area (Å²) in [6.07, 6.45) is 38.9. The minimum atomic E-state index is -4.75. The van der Waals surface area contributed by atoms with Crippen LogP contribution in [0.2, 0.25) is 0 Å². The van der Waals surface area contributed by atoms with E-state index in [9.17, 15) is 14.2 Å². The molecule has 0 rings (SSSR count). The SMILES string of the molecule is CCCCC/C=C\C/C=C\CCCCCCCCCC(=O)OC[C@H](COP(=O)(O)O)OC(=O)CCCCCCCCCCCCCCC. The lowest BCUT2D eigenvalue weighted by Crippen LogP contribution is -2.29. The molecule has 0 saturated carbocycles. The van der Waals surface area contributed by atoms with Crippen LogP contribution in [0.3, 0.4) is 0 Å². The number of carbonyl (C=O) groups excluding carboxylic acids is 2. The number of hydrogen-bond acceptors (Lipinski definition) is 6. The Kier molecular flexibility index (Phi) is 34.3. The Balaban J connectivity index is 3.93. The molecule has 9 heteroatoms. The van der Waals surface area contributed by atoms with Crippen LogP contribution in [0.15, 0.2) is 24.3 Å². The van der Waals surface area contributed by atoms with Crippen LogP contribution < -0.4 is 0 Å². The molecule has 0 aliphatic carbocycles. The lowest BCUT2D eigenvalue weighted by molar-refractivity contribution is -0.161. The highest BCUT2D eigenvalue weighted by Crippen LogP contribution is 2.36. The molecule has 0 aromatic carbocycles. The van der Waals surface area contributed by atoms with Gasteiger partial charge in [-0.15, -0.1) is 0 Å². The van der Waals surface area contributed by atoms with Crippen molar-refractivity contribution in [1.82, 2.24) is 0 Å². The van der Waals surface area contributed by atoms with Crippen molar-refractivity contribution in [2.45, 2.75) is 200 Å². The minimum absolute atomic E-state index is 0.214. The van der Waals surface area contributed by atoms with E-state index in [1.165, 1.54) is 103 Å². The van der Waals surface area contributed by atoms with E-state index in [1.54, 1.807) is 0 Å². The van der Waals surface area contributed by atoms with E-state index >= 15 is 0 Å². The molecule has 0 bridgehead atoms. The molecule has 2 N–H and O–H groups in total. The van der Waals surface area contributed by atoms with Crippen molar-refractivity contribution in [2.75, 3.05) is 13.2 Å². The third-order valence-corrected chi connectivity index (χ3v) is 8.96. The Morgan fingerprint density at radius 1 is 0.542 bits per heavy atom. The van der Waals surface area contributed by atoms with Crippen molar-refractivity contribution in [3.05, 3.63) is 24.3 Å². The fourth-order valence-corrected chi connectivity index (χ4v) is 5.88. The molecule has 0 amide bonds. The summed E-state index contributed by atoms with van der Waals surface area (Å²) in [4.78, 5) is 42.7. The molecule has 0 spiro atoms. The van der Waals surface area contributed by atoms with Crippen LogP contribution in [0.4, 0.5) is 0 Å².